The molecule has 0 spiro atoms. The van der Waals surface area contributed by atoms with Crippen LogP contribution in [0.1, 0.15) is 33.6 Å². The molecule has 0 amide bonds. The van der Waals surface area contributed by atoms with Gasteiger partial charge in [0.25, 0.3) is 0 Å². The summed E-state index contributed by atoms with van der Waals surface area (Å²) in [5.74, 6) is 3.17. The standard InChI is InChI=1S/C21H29NO2/c1-16-15-21(2,3)22(13-14-24-17-9-6-5-7-10-17)20-18(16)11-8-12-19(20)23-4/h5-10,12,16,18H,11,13-15H2,1-4H3. The predicted molar refractivity (Wildman–Crippen MR) is 97.8 cm³/mol. The van der Waals surface area contributed by atoms with Crippen LogP contribution in [-0.4, -0.2) is 30.7 Å². The minimum Gasteiger partial charge on any atom is -0.495 e. The van der Waals surface area contributed by atoms with E-state index in [0.29, 0.717) is 18.4 Å². The Kier molecular flexibility index (Phi) is 4.88. The molecule has 0 N–H and O–H groups in total. The van der Waals surface area contributed by atoms with E-state index >= 15 is 0 Å². The molecule has 2 unspecified atom stereocenters. The quantitative estimate of drug-likeness (QED) is 0.787. The molecule has 0 saturated carbocycles. The molecule has 3 heteroatoms. The first-order valence-corrected chi connectivity index (χ1v) is 8.93. The fourth-order valence-electron chi connectivity index (χ4n) is 4.27. The van der Waals surface area contributed by atoms with E-state index in [1.807, 2.05) is 30.3 Å². The lowest BCUT2D eigenvalue weighted by atomic mass is 9.72. The normalized spacial score (nSPS) is 25.4. The second-order valence-corrected chi connectivity index (χ2v) is 7.51. The maximum atomic E-state index is 5.95. The highest BCUT2D eigenvalue weighted by Gasteiger charge is 2.43. The van der Waals surface area contributed by atoms with Gasteiger partial charge in [-0.2, -0.15) is 0 Å². The van der Waals surface area contributed by atoms with Crippen LogP contribution in [0.5, 0.6) is 5.75 Å². The number of hydrogen-bond donors (Lipinski definition) is 0. The molecule has 24 heavy (non-hydrogen) atoms. The smallest absolute Gasteiger partial charge is 0.137 e. The monoisotopic (exact) mass is 327 g/mol. The van der Waals surface area contributed by atoms with Gasteiger partial charge < -0.3 is 14.4 Å². The van der Waals surface area contributed by atoms with E-state index in [9.17, 15) is 0 Å². The number of piperidine rings is 1. The Morgan fingerprint density at radius 2 is 1.96 bits per heavy atom. The predicted octanol–water partition coefficient (Wildman–Crippen LogP) is 4.62. The van der Waals surface area contributed by atoms with Crippen molar-refractivity contribution in [3.05, 3.63) is 53.9 Å². The first-order valence-electron chi connectivity index (χ1n) is 8.93. The van der Waals surface area contributed by atoms with Gasteiger partial charge in [0, 0.05) is 11.5 Å². The van der Waals surface area contributed by atoms with E-state index in [4.69, 9.17) is 9.47 Å². The summed E-state index contributed by atoms with van der Waals surface area (Å²) in [7, 11) is 1.78. The van der Waals surface area contributed by atoms with Gasteiger partial charge in [-0.05, 0) is 50.8 Å². The van der Waals surface area contributed by atoms with Crippen LogP contribution in [0.15, 0.2) is 53.9 Å². The van der Waals surface area contributed by atoms with Crippen molar-refractivity contribution in [3.8, 4) is 5.75 Å². The highest BCUT2D eigenvalue weighted by Crippen LogP contribution is 2.45. The van der Waals surface area contributed by atoms with Crippen LogP contribution in [-0.2, 0) is 4.74 Å². The van der Waals surface area contributed by atoms with Gasteiger partial charge in [0.1, 0.15) is 18.1 Å². The van der Waals surface area contributed by atoms with E-state index in [2.05, 4.69) is 37.8 Å². The van der Waals surface area contributed by atoms with Crippen molar-refractivity contribution in [2.45, 2.75) is 39.2 Å². The van der Waals surface area contributed by atoms with Gasteiger partial charge in [0.15, 0.2) is 0 Å². The van der Waals surface area contributed by atoms with Gasteiger partial charge in [-0.15, -0.1) is 0 Å². The van der Waals surface area contributed by atoms with Crippen LogP contribution in [0, 0.1) is 11.8 Å². The summed E-state index contributed by atoms with van der Waals surface area (Å²) >= 11 is 0. The van der Waals surface area contributed by atoms with Gasteiger partial charge in [0.05, 0.1) is 19.4 Å². The van der Waals surface area contributed by atoms with E-state index in [1.54, 1.807) is 7.11 Å². The van der Waals surface area contributed by atoms with E-state index in [1.165, 1.54) is 12.1 Å². The van der Waals surface area contributed by atoms with E-state index < -0.39 is 0 Å². The molecule has 130 valence electrons. The lowest BCUT2D eigenvalue weighted by Gasteiger charge is -2.52. The van der Waals surface area contributed by atoms with Crippen molar-refractivity contribution >= 4 is 0 Å². The molecule has 1 aliphatic heterocycles. The topological polar surface area (TPSA) is 21.7 Å². The van der Waals surface area contributed by atoms with Gasteiger partial charge in [-0.3, -0.25) is 0 Å². The Bertz CT molecular complexity index is 618. The number of hydrogen-bond acceptors (Lipinski definition) is 3. The molecular formula is C21H29NO2. The number of para-hydroxylation sites is 1. The Hall–Kier alpha value is -1.90. The fraction of sp³-hybridized carbons (Fsp3) is 0.524. The van der Waals surface area contributed by atoms with Gasteiger partial charge in [0.2, 0.25) is 0 Å². The van der Waals surface area contributed by atoms with Crippen molar-refractivity contribution in [2.75, 3.05) is 20.3 Å². The third-order valence-corrected chi connectivity index (χ3v) is 5.34. The molecule has 2 aliphatic rings. The number of fused-ring (bicyclic) bond motifs is 1. The minimum atomic E-state index is 0.111. The van der Waals surface area contributed by atoms with Crippen LogP contribution < -0.4 is 4.74 Å². The molecule has 1 aromatic carbocycles. The van der Waals surface area contributed by atoms with Crippen LogP contribution >= 0.6 is 0 Å². The zero-order valence-electron chi connectivity index (χ0n) is 15.3. The lowest BCUT2D eigenvalue weighted by molar-refractivity contribution is 0.0393. The summed E-state index contributed by atoms with van der Waals surface area (Å²) in [6, 6.07) is 10.0. The summed E-state index contributed by atoms with van der Waals surface area (Å²) in [5.41, 5.74) is 1.47. The zero-order valence-corrected chi connectivity index (χ0v) is 15.3. The number of ether oxygens (including phenoxy) is 2. The van der Waals surface area contributed by atoms with E-state index in [-0.39, 0.29) is 5.54 Å². The molecule has 1 heterocycles. The molecule has 1 saturated heterocycles. The number of methoxy groups -OCH3 is 1. The molecule has 0 bridgehead atoms. The average molecular weight is 327 g/mol. The Balaban J connectivity index is 1.79. The highest BCUT2D eigenvalue weighted by atomic mass is 16.5. The van der Waals surface area contributed by atoms with Crippen LogP contribution in [0.3, 0.4) is 0 Å². The number of nitrogens with zero attached hydrogens (tertiary/aromatic N) is 1. The summed E-state index contributed by atoms with van der Waals surface area (Å²) in [6.45, 7) is 8.60. The third kappa shape index (κ3) is 3.31. The zero-order chi connectivity index (χ0) is 17.2. The van der Waals surface area contributed by atoms with Gasteiger partial charge in [-0.1, -0.05) is 31.2 Å². The number of benzene rings is 1. The van der Waals surface area contributed by atoms with Crippen molar-refractivity contribution in [3.63, 3.8) is 0 Å². The third-order valence-electron chi connectivity index (χ3n) is 5.34. The molecule has 0 aromatic heterocycles. The molecule has 1 fully saturated rings. The molecule has 3 rings (SSSR count). The van der Waals surface area contributed by atoms with Crippen LogP contribution in [0.2, 0.25) is 0 Å². The average Bonchev–Trinajstić information content (AvgIpc) is 2.57. The first-order chi connectivity index (χ1) is 11.5. The maximum Gasteiger partial charge on any atom is 0.137 e. The summed E-state index contributed by atoms with van der Waals surface area (Å²) in [4.78, 5) is 2.52. The minimum absolute atomic E-state index is 0.111. The highest BCUT2D eigenvalue weighted by molar-refractivity contribution is 5.30. The summed E-state index contributed by atoms with van der Waals surface area (Å²) < 4.78 is 11.7. The number of likely N-dealkylation sites (tertiary alicyclic amines) is 1. The van der Waals surface area contributed by atoms with Crippen LogP contribution in [0.4, 0.5) is 0 Å². The van der Waals surface area contributed by atoms with Crippen LogP contribution in [0.25, 0.3) is 0 Å². The van der Waals surface area contributed by atoms with Gasteiger partial charge in [-0.25, -0.2) is 0 Å². The van der Waals surface area contributed by atoms with Crippen molar-refractivity contribution in [2.24, 2.45) is 11.8 Å². The molecule has 3 nitrogen and oxygen atoms in total. The van der Waals surface area contributed by atoms with Gasteiger partial charge >= 0.3 is 0 Å². The van der Waals surface area contributed by atoms with Crippen molar-refractivity contribution < 1.29 is 9.47 Å². The molecule has 2 atom stereocenters. The first kappa shape index (κ1) is 16.9. The summed E-state index contributed by atoms with van der Waals surface area (Å²) in [6.07, 6.45) is 6.68. The molecule has 1 aliphatic carbocycles. The van der Waals surface area contributed by atoms with E-state index in [0.717, 1.165) is 24.5 Å². The number of rotatable bonds is 5. The Morgan fingerprint density at radius 3 is 2.67 bits per heavy atom. The fourth-order valence-corrected chi connectivity index (χ4v) is 4.27. The molecule has 0 radical (unpaired) electrons. The number of allylic oxidation sites excluding steroid dienone is 3. The molecular weight excluding hydrogens is 298 g/mol. The Labute approximate surface area is 146 Å². The SMILES string of the molecule is COC1=C2C(CC=C1)C(C)CC(C)(C)N2CCOc1ccccc1. The summed E-state index contributed by atoms with van der Waals surface area (Å²) in [5, 5.41) is 0. The second kappa shape index (κ2) is 6.92. The second-order valence-electron chi connectivity index (χ2n) is 7.51. The van der Waals surface area contributed by atoms with Crippen molar-refractivity contribution in [1.29, 1.82) is 0 Å². The largest absolute Gasteiger partial charge is 0.495 e. The molecule has 1 aromatic rings. The maximum absolute atomic E-state index is 5.95. The van der Waals surface area contributed by atoms with Crippen molar-refractivity contribution in [1.82, 2.24) is 4.90 Å². The lowest BCUT2D eigenvalue weighted by Crippen LogP contribution is -2.53. The Morgan fingerprint density at radius 1 is 1.21 bits per heavy atom.